The number of aromatic nitrogens is 1. The van der Waals surface area contributed by atoms with Crippen LogP contribution < -0.4 is 15.8 Å². The zero-order valence-corrected chi connectivity index (χ0v) is 17.9. The van der Waals surface area contributed by atoms with E-state index in [2.05, 4.69) is 15.8 Å². The van der Waals surface area contributed by atoms with E-state index in [0.29, 0.717) is 36.8 Å². The molecule has 0 saturated carbocycles. The maximum Gasteiger partial charge on any atom is 0.417 e. The van der Waals surface area contributed by atoms with Gasteiger partial charge in [-0.1, -0.05) is 11.6 Å². The van der Waals surface area contributed by atoms with Crippen LogP contribution in [0.5, 0.6) is 0 Å². The van der Waals surface area contributed by atoms with Gasteiger partial charge in [-0.3, -0.25) is 25.2 Å². The minimum atomic E-state index is -4.45. The number of esters is 1. The first-order valence-corrected chi connectivity index (χ1v) is 10.3. The SMILES string of the molecule is O=C(COC(=O)C1CCN(c2ccc(C(F)(F)F)cn2)CC1)NNC(=O)c1ccc(Cl)cc1. The topological polar surface area (TPSA) is 101 Å². The summed E-state index contributed by atoms with van der Waals surface area (Å²) in [6.07, 6.45) is -2.87. The number of nitrogens with zero attached hydrogens (tertiary/aromatic N) is 2. The van der Waals surface area contributed by atoms with Crippen molar-refractivity contribution in [1.29, 1.82) is 0 Å². The molecule has 176 valence electrons. The number of ether oxygens (including phenoxy) is 1. The van der Waals surface area contributed by atoms with Crippen LogP contribution >= 0.6 is 11.6 Å². The molecule has 0 bridgehead atoms. The summed E-state index contributed by atoms with van der Waals surface area (Å²) in [5, 5.41) is 0.462. The fourth-order valence-electron chi connectivity index (χ4n) is 3.18. The van der Waals surface area contributed by atoms with Crippen LogP contribution in [0.1, 0.15) is 28.8 Å². The van der Waals surface area contributed by atoms with Gasteiger partial charge in [-0.05, 0) is 49.2 Å². The Morgan fingerprint density at radius 3 is 2.30 bits per heavy atom. The molecular weight excluding hydrogens is 465 g/mol. The second-order valence-electron chi connectivity index (χ2n) is 7.28. The summed E-state index contributed by atoms with van der Waals surface area (Å²) in [5.74, 6) is -1.89. The lowest BCUT2D eigenvalue weighted by Crippen LogP contribution is -2.44. The number of amides is 2. The summed E-state index contributed by atoms with van der Waals surface area (Å²) in [6, 6.07) is 8.28. The molecule has 0 spiro atoms. The van der Waals surface area contributed by atoms with Crippen molar-refractivity contribution < 1.29 is 32.3 Å². The number of pyridine rings is 1. The maximum absolute atomic E-state index is 12.7. The molecule has 2 aromatic rings. The highest BCUT2D eigenvalue weighted by atomic mass is 35.5. The van der Waals surface area contributed by atoms with Crippen molar-refractivity contribution in [2.24, 2.45) is 5.92 Å². The van der Waals surface area contributed by atoms with Gasteiger partial charge in [-0.15, -0.1) is 0 Å². The highest BCUT2D eigenvalue weighted by Crippen LogP contribution is 2.30. The van der Waals surface area contributed by atoms with Gasteiger partial charge < -0.3 is 9.64 Å². The Hall–Kier alpha value is -3.34. The average molecular weight is 485 g/mol. The molecule has 0 unspecified atom stereocenters. The minimum absolute atomic E-state index is 0.283. The Morgan fingerprint density at radius 2 is 1.73 bits per heavy atom. The van der Waals surface area contributed by atoms with Crippen molar-refractivity contribution in [2.75, 3.05) is 24.6 Å². The molecule has 1 aliphatic rings. The molecule has 0 atom stereocenters. The number of piperidine rings is 1. The molecule has 8 nitrogen and oxygen atoms in total. The predicted octanol–water partition coefficient (Wildman–Crippen LogP) is 2.97. The van der Waals surface area contributed by atoms with Gasteiger partial charge in [-0.25, -0.2) is 4.98 Å². The molecule has 1 saturated heterocycles. The van der Waals surface area contributed by atoms with E-state index >= 15 is 0 Å². The fourth-order valence-corrected chi connectivity index (χ4v) is 3.30. The van der Waals surface area contributed by atoms with Crippen LogP contribution in [0.15, 0.2) is 42.6 Å². The third-order valence-electron chi connectivity index (χ3n) is 4.99. The molecule has 2 amide bonds. The number of hydrogen-bond acceptors (Lipinski definition) is 6. The van der Waals surface area contributed by atoms with Crippen molar-refractivity contribution in [1.82, 2.24) is 15.8 Å². The van der Waals surface area contributed by atoms with E-state index in [0.717, 1.165) is 12.3 Å². The number of hydrazine groups is 1. The fraction of sp³-hybridized carbons (Fsp3) is 0.333. The maximum atomic E-state index is 12.7. The summed E-state index contributed by atoms with van der Waals surface area (Å²) in [4.78, 5) is 41.6. The Morgan fingerprint density at radius 1 is 1.06 bits per heavy atom. The summed E-state index contributed by atoms with van der Waals surface area (Å²) in [5.41, 5.74) is 3.81. The van der Waals surface area contributed by atoms with Gasteiger partial charge >= 0.3 is 12.1 Å². The summed E-state index contributed by atoms with van der Waals surface area (Å²) < 4.78 is 43.0. The first kappa shape index (κ1) is 24.3. The Kier molecular flexibility index (Phi) is 7.75. The molecule has 1 aromatic heterocycles. The van der Waals surface area contributed by atoms with E-state index in [1.54, 1.807) is 4.90 Å². The van der Waals surface area contributed by atoms with Crippen LogP contribution in [0, 0.1) is 5.92 Å². The molecule has 1 aromatic carbocycles. The van der Waals surface area contributed by atoms with Crippen LogP contribution in [0.4, 0.5) is 19.0 Å². The second-order valence-corrected chi connectivity index (χ2v) is 7.72. The molecule has 33 heavy (non-hydrogen) atoms. The van der Waals surface area contributed by atoms with Crippen LogP contribution in [0.25, 0.3) is 0 Å². The molecule has 1 aliphatic heterocycles. The quantitative estimate of drug-likeness (QED) is 0.500. The lowest BCUT2D eigenvalue weighted by atomic mass is 9.97. The number of rotatable bonds is 5. The largest absolute Gasteiger partial charge is 0.455 e. The average Bonchev–Trinajstić information content (AvgIpc) is 2.81. The van der Waals surface area contributed by atoms with E-state index < -0.39 is 42.0 Å². The van der Waals surface area contributed by atoms with E-state index in [1.807, 2.05) is 0 Å². The Labute approximate surface area is 192 Å². The molecule has 2 N–H and O–H groups in total. The van der Waals surface area contributed by atoms with Gasteiger partial charge in [0.2, 0.25) is 0 Å². The number of nitrogens with one attached hydrogen (secondary N) is 2. The van der Waals surface area contributed by atoms with Crippen molar-refractivity contribution in [3.63, 3.8) is 0 Å². The van der Waals surface area contributed by atoms with Crippen LogP contribution in [-0.2, 0) is 20.5 Å². The molecular formula is C21H20ClF3N4O4. The van der Waals surface area contributed by atoms with Gasteiger partial charge in [0.25, 0.3) is 11.8 Å². The highest BCUT2D eigenvalue weighted by molar-refractivity contribution is 6.30. The first-order valence-electron chi connectivity index (χ1n) is 9.93. The van der Waals surface area contributed by atoms with E-state index in [1.165, 1.54) is 30.3 Å². The number of anilines is 1. The highest BCUT2D eigenvalue weighted by Gasteiger charge is 2.31. The predicted molar refractivity (Wildman–Crippen MR) is 112 cm³/mol. The summed E-state index contributed by atoms with van der Waals surface area (Å²) in [7, 11) is 0. The normalized spacial score (nSPS) is 14.5. The van der Waals surface area contributed by atoms with Crippen LogP contribution in [0.3, 0.4) is 0 Å². The van der Waals surface area contributed by atoms with Gasteiger partial charge in [0.05, 0.1) is 11.5 Å². The Bertz CT molecular complexity index is 992. The number of hydrogen-bond donors (Lipinski definition) is 2. The van der Waals surface area contributed by atoms with Crippen molar-refractivity contribution in [3.8, 4) is 0 Å². The van der Waals surface area contributed by atoms with Gasteiger partial charge in [0.1, 0.15) is 5.82 Å². The monoisotopic (exact) mass is 484 g/mol. The molecule has 0 aliphatic carbocycles. The molecule has 3 rings (SSSR count). The lowest BCUT2D eigenvalue weighted by Gasteiger charge is -2.31. The first-order chi connectivity index (χ1) is 15.6. The third kappa shape index (κ3) is 6.82. The summed E-state index contributed by atoms with van der Waals surface area (Å²) >= 11 is 5.75. The number of carbonyl (C=O) groups excluding carboxylic acids is 3. The van der Waals surface area contributed by atoms with Crippen molar-refractivity contribution in [2.45, 2.75) is 19.0 Å². The van der Waals surface area contributed by atoms with Gasteiger partial charge in [0.15, 0.2) is 6.61 Å². The minimum Gasteiger partial charge on any atom is -0.455 e. The smallest absolute Gasteiger partial charge is 0.417 e. The van der Waals surface area contributed by atoms with Crippen LogP contribution in [-0.4, -0.2) is 42.5 Å². The number of benzene rings is 1. The van der Waals surface area contributed by atoms with Gasteiger partial charge in [-0.2, -0.15) is 13.2 Å². The van der Waals surface area contributed by atoms with E-state index in [9.17, 15) is 27.6 Å². The Balaban J connectivity index is 1.38. The summed E-state index contributed by atoms with van der Waals surface area (Å²) in [6.45, 7) is 0.239. The van der Waals surface area contributed by atoms with Crippen molar-refractivity contribution >= 4 is 35.2 Å². The number of carbonyl (C=O) groups is 3. The third-order valence-corrected chi connectivity index (χ3v) is 5.25. The van der Waals surface area contributed by atoms with Crippen LogP contribution in [0.2, 0.25) is 5.02 Å². The van der Waals surface area contributed by atoms with Crippen molar-refractivity contribution in [3.05, 3.63) is 58.7 Å². The second kappa shape index (κ2) is 10.5. The molecule has 2 heterocycles. The zero-order chi connectivity index (χ0) is 24.0. The number of halogens is 4. The van der Waals surface area contributed by atoms with E-state index in [-0.39, 0.29) is 5.56 Å². The standard InChI is InChI=1S/C21H20ClF3N4O4/c22-16-4-1-13(2-5-16)19(31)28-27-18(30)12-33-20(32)14-7-9-29(10-8-14)17-6-3-15(11-26-17)21(23,24)25/h1-6,11,14H,7-10,12H2,(H,27,30)(H,28,31). The van der Waals surface area contributed by atoms with E-state index in [4.69, 9.17) is 16.3 Å². The van der Waals surface area contributed by atoms with Gasteiger partial charge in [0, 0.05) is 29.9 Å². The molecule has 0 radical (unpaired) electrons. The number of alkyl halides is 3. The molecule has 12 heteroatoms. The molecule has 1 fully saturated rings. The zero-order valence-electron chi connectivity index (χ0n) is 17.2. The lowest BCUT2D eigenvalue weighted by molar-refractivity contribution is -0.153.